The molecular weight excluding hydrogens is 396 g/mol. The average molecular weight is 425 g/mol. The van der Waals surface area contributed by atoms with Gasteiger partial charge in [0.25, 0.3) is 0 Å². The first-order valence-electron chi connectivity index (χ1n) is 10.6. The topological polar surface area (TPSA) is 72.1 Å². The molecule has 6 heteroatoms. The smallest absolute Gasteiger partial charge is 0.180 e. The van der Waals surface area contributed by atoms with Crippen LogP contribution in [0, 0.1) is 5.92 Å². The van der Waals surface area contributed by atoms with Crippen molar-refractivity contribution in [3.8, 4) is 0 Å². The number of nitrogens with one attached hydrogen (secondary N) is 1. The number of rotatable bonds is 8. The van der Waals surface area contributed by atoms with Crippen LogP contribution in [-0.4, -0.2) is 37.4 Å². The minimum atomic E-state index is -3.34. The van der Waals surface area contributed by atoms with Gasteiger partial charge in [-0.25, -0.2) is 13.4 Å². The number of benzene rings is 1. The highest BCUT2D eigenvalue weighted by Gasteiger charge is 2.18. The fourth-order valence-corrected chi connectivity index (χ4v) is 5.20. The van der Waals surface area contributed by atoms with Gasteiger partial charge in [-0.1, -0.05) is 31.1 Å². The van der Waals surface area contributed by atoms with Crippen molar-refractivity contribution >= 4 is 26.4 Å². The number of H-pyrrole nitrogens is 1. The van der Waals surface area contributed by atoms with Crippen molar-refractivity contribution in [1.29, 1.82) is 0 Å². The molecule has 0 bridgehead atoms. The minimum Gasteiger partial charge on any atom is -0.381 e. The van der Waals surface area contributed by atoms with E-state index in [2.05, 4.69) is 22.1 Å². The van der Waals surface area contributed by atoms with Crippen LogP contribution in [0.25, 0.3) is 16.6 Å². The SMILES string of the molecule is CCOCCS(=O)(=O)c1ccc(/C(=C\C2CCCC2)c2cc3cccnc3[nH]2)cc1. The van der Waals surface area contributed by atoms with Gasteiger partial charge in [-0.15, -0.1) is 0 Å². The van der Waals surface area contributed by atoms with Crippen LogP contribution in [0.1, 0.15) is 43.9 Å². The molecule has 1 N–H and O–H groups in total. The Morgan fingerprint density at radius 3 is 2.67 bits per heavy atom. The van der Waals surface area contributed by atoms with Gasteiger partial charge in [0.1, 0.15) is 5.65 Å². The lowest BCUT2D eigenvalue weighted by Crippen LogP contribution is -2.12. The fourth-order valence-electron chi connectivity index (χ4n) is 4.08. The van der Waals surface area contributed by atoms with E-state index in [1.165, 1.54) is 25.7 Å². The van der Waals surface area contributed by atoms with Crippen molar-refractivity contribution in [3.05, 3.63) is 66.0 Å². The summed E-state index contributed by atoms with van der Waals surface area (Å²) >= 11 is 0. The average Bonchev–Trinajstić information content (AvgIpc) is 3.41. The molecule has 30 heavy (non-hydrogen) atoms. The van der Waals surface area contributed by atoms with E-state index in [1.807, 2.05) is 31.2 Å². The number of fused-ring (bicyclic) bond motifs is 1. The Morgan fingerprint density at radius 1 is 1.20 bits per heavy atom. The summed E-state index contributed by atoms with van der Waals surface area (Å²) in [5, 5.41) is 1.07. The first-order valence-corrected chi connectivity index (χ1v) is 12.3. The lowest BCUT2D eigenvalue weighted by atomic mass is 9.96. The van der Waals surface area contributed by atoms with Crippen molar-refractivity contribution in [2.75, 3.05) is 19.0 Å². The molecule has 5 nitrogen and oxygen atoms in total. The minimum absolute atomic E-state index is 0.00134. The molecule has 1 saturated carbocycles. The standard InChI is InChI=1S/C24H28N2O3S/c1-2-29-14-15-30(27,28)21-11-9-19(10-12-21)22(16-18-6-3-4-7-18)23-17-20-8-5-13-25-24(20)26-23/h5,8-13,16-18H,2-4,6-7,14-15H2,1H3,(H,25,26)/b22-16+. The lowest BCUT2D eigenvalue weighted by Gasteiger charge is -2.11. The molecule has 0 atom stereocenters. The zero-order valence-electron chi connectivity index (χ0n) is 17.3. The molecular formula is C24H28N2O3S. The van der Waals surface area contributed by atoms with Crippen LogP contribution in [0.3, 0.4) is 0 Å². The second-order valence-electron chi connectivity index (χ2n) is 7.79. The number of hydrogen-bond acceptors (Lipinski definition) is 4. The molecule has 1 aliphatic carbocycles. The van der Waals surface area contributed by atoms with Gasteiger partial charge in [0.2, 0.25) is 0 Å². The van der Waals surface area contributed by atoms with Crippen molar-refractivity contribution in [2.45, 2.75) is 37.5 Å². The maximum Gasteiger partial charge on any atom is 0.180 e. The van der Waals surface area contributed by atoms with Crippen LogP contribution in [-0.2, 0) is 14.6 Å². The number of allylic oxidation sites excluding steroid dienone is 1. The Balaban J connectivity index is 1.67. The second kappa shape index (κ2) is 9.14. The quantitative estimate of drug-likeness (QED) is 0.517. The summed E-state index contributed by atoms with van der Waals surface area (Å²) in [6.45, 7) is 2.60. The van der Waals surface area contributed by atoms with E-state index < -0.39 is 9.84 Å². The van der Waals surface area contributed by atoms with Crippen LogP contribution >= 0.6 is 0 Å². The van der Waals surface area contributed by atoms with Crippen LogP contribution in [0.15, 0.2) is 59.6 Å². The molecule has 2 aromatic heterocycles. The number of aromatic amines is 1. The Bertz CT molecular complexity index is 1090. The Hall–Kier alpha value is -2.44. The second-order valence-corrected chi connectivity index (χ2v) is 9.90. The fraction of sp³-hybridized carbons (Fsp3) is 0.375. The Labute approximate surface area is 178 Å². The molecule has 0 aliphatic heterocycles. The zero-order chi connectivity index (χ0) is 21.0. The normalized spacial score (nSPS) is 15.8. The highest BCUT2D eigenvalue weighted by Crippen LogP contribution is 2.33. The molecule has 0 saturated heterocycles. The monoisotopic (exact) mass is 424 g/mol. The third-order valence-corrected chi connectivity index (χ3v) is 7.40. The van der Waals surface area contributed by atoms with E-state index >= 15 is 0 Å². The zero-order valence-corrected chi connectivity index (χ0v) is 18.1. The molecule has 1 aromatic carbocycles. The van der Waals surface area contributed by atoms with Crippen molar-refractivity contribution < 1.29 is 13.2 Å². The molecule has 158 valence electrons. The first-order chi connectivity index (χ1) is 14.6. The third-order valence-electron chi connectivity index (χ3n) is 5.71. The molecule has 0 unspecified atom stereocenters. The summed E-state index contributed by atoms with van der Waals surface area (Å²) in [6, 6.07) is 13.3. The predicted octanol–water partition coefficient (Wildman–Crippen LogP) is 5.00. The molecule has 0 radical (unpaired) electrons. The molecule has 2 heterocycles. The van der Waals surface area contributed by atoms with Crippen molar-refractivity contribution in [1.82, 2.24) is 9.97 Å². The van der Waals surface area contributed by atoms with E-state index in [1.54, 1.807) is 18.3 Å². The number of ether oxygens (including phenoxy) is 1. The summed E-state index contributed by atoms with van der Waals surface area (Å²) in [4.78, 5) is 8.19. The van der Waals surface area contributed by atoms with E-state index in [0.717, 1.165) is 27.9 Å². The van der Waals surface area contributed by atoms with Crippen LogP contribution < -0.4 is 0 Å². The summed E-state index contributed by atoms with van der Waals surface area (Å²) in [7, 11) is -3.34. The molecule has 4 rings (SSSR count). The summed E-state index contributed by atoms with van der Waals surface area (Å²) < 4.78 is 30.3. The molecule has 1 aliphatic rings. The molecule has 3 aromatic rings. The predicted molar refractivity (Wildman–Crippen MR) is 120 cm³/mol. The highest BCUT2D eigenvalue weighted by atomic mass is 32.2. The van der Waals surface area contributed by atoms with Gasteiger partial charge in [-0.2, -0.15) is 0 Å². The van der Waals surface area contributed by atoms with Crippen molar-refractivity contribution in [3.63, 3.8) is 0 Å². The summed E-state index contributed by atoms with van der Waals surface area (Å²) in [6.07, 6.45) is 9.05. The Morgan fingerprint density at radius 2 is 1.97 bits per heavy atom. The van der Waals surface area contributed by atoms with Gasteiger partial charge in [-0.05, 0) is 61.6 Å². The maximum atomic E-state index is 12.5. The number of sulfone groups is 1. The first kappa shape index (κ1) is 20.8. The molecule has 0 spiro atoms. The largest absolute Gasteiger partial charge is 0.381 e. The summed E-state index contributed by atoms with van der Waals surface area (Å²) in [5.41, 5.74) is 4.00. The highest BCUT2D eigenvalue weighted by molar-refractivity contribution is 7.91. The van der Waals surface area contributed by atoms with Crippen LogP contribution in [0.2, 0.25) is 0 Å². The molecule has 1 fully saturated rings. The number of hydrogen-bond donors (Lipinski definition) is 1. The van der Waals surface area contributed by atoms with Gasteiger partial charge >= 0.3 is 0 Å². The van der Waals surface area contributed by atoms with Gasteiger partial charge < -0.3 is 9.72 Å². The van der Waals surface area contributed by atoms with E-state index in [9.17, 15) is 8.42 Å². The van der Waals surface area contributed by atoms with Gasteiger partial charge in [-0.3, -0.25) is 0 Å². The summed E-state index contributed by atoms with van der Waals surface area (Å²) in [5.74, 6) is 0.549. The third kappa shape index (κ3) is 4.65. The number of nitrogens with zero attached hydrogens (tertiary/aromatic N) is 1. The van der Waals surface area contributed by atoms with Crippen molar-refractivity contribution in [2.24, 2.45) is 5.92 Å². The van der Waals surface area contributed by atoms with Gasteiger partial charge in [0, 0.05) is 29.5 Å². The van der Waals surface area contributed by atoms with Gasteiger partial charge in [0.05, 0.1) is 17.3 Å². The lowest BCUT2D eigenvalue weighted by molar-refractivity contribution is 0.163. The van der Waals surface area contributed by atoms with E-state index in [0.29, 0.717) is 17.4 Å². The maximum absolute atomic E-state index is 12.5. The van der Waals surface area contributed by atoms with Crippen LogP contribution in [0.4, 0.5) is 0 Å². The molecule has 0 amide bonds. The van der Waals surface area contributed by atoms with Crippen LogP contribution in [0.5, 0.6) is 0 Å². The number of pyridine rings is 1. The van der Waals surface area contributed by atoms with Gasteiger partial charge in [0.15, 0.2) is 9.84 Å². The van der Waals surface area contributed by atoms with E-state index in [4.69, 9.17) is 4.74 Å². The van der Waals surface area contributed by atoms with E-state index in [-0.39, 0.29) is 12.4 Å². The Kier molecular flexibility index (Phi) is 6.35. The number of aromatic nitrogens is 2.